The van der Waals surface area contributed by atoms with E-state index in [2.05, 4.69) is 6.42 Å². The second-order valence-corrected chi connectivity index (χ2v) is 0.866. The van der Waals surface area contributed by atoms with Crippen molar-refractivity contribution in [2.45, 2.75) is 12.8 Å². The van der Waals surface area contributed by atoms with Crippen molar-refractivity contribution in [3.05, 3.63) is 6.42 Å². The van der Waals surface area contributed by atoms with Gasteiger partial charge in [0.15, 0.2) is 0 Å². The van der Waals surface area contributed by atoms with E-state index in [9.17, 15) is 0 Å². The Hall–Kier alpha value is 1.10. The molecule has 0 aromatic rings. The van der Waals surface area contributed by atoms with Crippen molar-refractivity contribution in [3.8, 4) is 0 Å². The molecule has 1 aliphatic rings. The summed E-state index contributed by atoms with van der Waals surface area (Å²) in [4.78, 5) is 0. The third kappa shape index (κ3) is 11.1. The monoisotopic (exact) mass is 185 g/mol. The van der Waals surface area contributed by atoms with E-state index in [0.717, 1.165) is 0 Å². The second-order valence-electron chi connectivity index (χ2n) is 0.866. The van der Waals surface area contributed by atoms with Crippen molar-refractivity contribution in [2.75, 3.05) is 0 Å². The van der Waals surface area contributed by atoms with Crippen molar-refractivity contribution in [2.24, 2.45) is 0 Å². The standard InChI is InChI=1S/C3H5.BrH.Zn/c1-2-3-1;;/h1H,2-3H2;1H;/q-1;;. The molecule has 0 nitrogen and oxygen atoms in total. The molecule has 0 radical (unpaired) electrons. The van der Waals surface area contributed by atoms with Gasteiger partial charge in [0, 0.05) is 19.5 Å². The van der Waals surface area contributed by atoms with Crippen LogP contribution in [-0.2, 0) is 19.5 Å². The van der Waals surface area contributed by atoms with Crippen LogP contribution in [0.3, 0.4) is 0 Å². The van der Waals surface area contributed by atoms with Gasteiger partial charge in [-0.3, -0.25) is 0 Å². The molecular weight excluding hydrogens is 181 g/mol. The quantitative estimate of drug-likeness (QED) is 0.399. The zero-order valence-corrected chi connectivity index (χ0v) is 7.79. The summed E-state index contributed by atoms with van der Waals surface area (Å²) in [5.41, 5.74) is 0. The zero-order valence-electron chi connectivity index (χ0n) is 3.11. The van der Waals surface area contributed by atoms with Crippen LogP contribution >= 0.6 is 17.0 Å². The average molecular weight is 187 g/mol. The molecule has 0 N–H and O–H groups in total. The number of halogens is 1. The number of hydrogen-bond donors (Lipinski definition) is 0. The van der Waals surface area contributed by atoms with E-state index in [1.165, 1.54) is 12.8 Å². The fourth-order valence-corrected chi connectivity index (χ4v) is 0. The van der Waals surface area contributed by atoms with Gasteiger partial charge in [-0.2, -0.15) is 0 Å². The van der Waals surface area contributed by atoms with Gasteiger partial charge < -0.3 is 6.42 Å². The first kappa shape index (κ1) is 9.44. The molecular formula is C3H6BrZn-. The molecule has 0 bridgehead atoms. The summed E-state index contributed by atoms with van der Waals surface area (Å²) in [6.45, 7) is 0. The van der Waals surface area contributed by atoms with Crippen LogP contribution in [0.25, 0.3) is 0 Å². The van der Waals surface area contributed by atoms with Gasteiger partial charge in [0.2, 0.25) is 0 Å². The van der Waals surface area contributed by atoms with Crippen molar-refractivity contribution in [1.29, 1.82) is 0 Å². The van der Waals surface area contributed by atoms with Crippen molar-refractivity contribution < 1.29 is 19.5 Å². The Morgan fingerprint density at radius 3 is 1.40 bits per heavy atom. The predicted octanol–water partition coefficient (Wildman–Crippen LogP) is 1.56. The molecule has 0 heterocycles. The average Bonchev–Trinajstić information content (AvgIpc) is 1.46. The summed E-state index contributed by atoms with van der Waals surface area (Å²) in [6.07, 6.45) is 5.00. The van der Waals surface area contributed by atoms with Gasteiger partial charge in [-0.15, -0.1) is 17.0 Å². The first-order valence-electron chi connectivity index (χ1n) is 1.32. The molecule has 2 heteroatoms. The Morgan fingerprint density at radius 1 is 1.20 bits per heavy atom. The maximum Gasteiger partial charge on any atom is 0 e. The van der Waals surface area contributed by atoms with Crippen molar-refractivity contribution in [1.82, 2.24) is 0 Å². The molecule has 1 fully saturated rings. The van der Waals surface area contributed by atoms with E-state index in [-0.39, 0.29) is 36.5 Å². The minimum atomic E-state index is 0. The van der Waals surface area contributed by atoms with Crippen LogP contribution < -0.4 is 0 Å². The molecule has 0 aromatic carbocycles. The van der Waals surface area contributed by atoms with E-state index < -0.39 is 0 Å². The van der Waals surface area contributed by atoms with Crippen LogP contribution in [0, 0.1) is 6.42 Å². The summed E-state index contributed by atoms with van der Waals surface area (Å²) < 4.78 is 0. The van der Waals surface area contributed by atoms with Crippen LogP contribution in [0.5, 0.6) is 0 Å². The predicted molar refractivity (Wildman–Crippen MR) is 23.9 cm³/mol. The van der Waals surface area contributed by atoms with Crippen LogP contribution in [0.2, 0.25) is 0 Å². The summed E-state index contributed by atoms with van der Waals surface area (Å²) >= 11 is 0. The second kappa shape index (κ2) is 5.10. The molecule has 1 rings (SSSR count). The fraction of sp³-hybridized carbons (Fsp3) is 0.667. The molecule has 0 aliphatic heterocycles. The Bertz CT molecular complexity index is 11.6. The topological polar surface area (TPSA) is 0 Å². The summed E-state index contributed by atoms with van der Waals surface area (Å²) in [6, 6.07) is 0. The Morgan fingerprint density at radius 2 is 1.40 bits per heavy atom. The van der Waals surface area contributed by atoms with E-state index in [1.54, 1.807) is 0 Å². The summed E-state index contributed by atoms with van der Waals surface area (Å²) in [7, 11) is 0. The first-order valence-corrected chi connectivity index (χ1v) is 1.32. The molecule has 0 saturated heterocycles. The van der Waals surface area contributed by atoms with Gasteiger partial charge in [-0.25, -0.2) is 12.8 Å². The zero-order chi connectivity index (χ0) is 2.12. The maximum absolute atomic E-state index is 2.25. The maximum atomic E-state index is 2.25. The number of hydrogen-bond acceptors (Lipinski definition) is 0. The van der Waals surface area contributed by atoms with Gasteiger partial charge in [0.25, 0.3) is 0 Å². The van der Waals surface area contributed by atoms with Crippen LogP contribution in [-0.4, -0.2) is 0 Å². The summed E-state index contributed by atoms with van der Waals surface area (Å²) in [5.74, 6) is 0. The van der Waals surface area contributed by atoms with Crippen LogP contribution in [0.1, 0.15) is 12.8 Å². The van der Waals surface area contributed by atoms with E-state index in [0.29, 0.717) is 0 Å². The molecule has 0 unspecified atom stereocenters. The largest absolute Gasteiger partial charge is 0.333 e. The SMILES string of the molecule is Br.[CH-]1CC1.[Zn]. The van der Waals surface area contributed by atoms with E-state index in [4.69, 9.17) is 0 Å². The number of rotatable bonds is 0. The minimum Gasteiger partial charge on any atom is -0.333 e. The normalized spacial score (nSPS) is 14.4. The van der Waals surface area contributed by atoms with Crippen molar-refractivity contribution >= 4 is 17.0 Å². The van der Waals surface area contributed by atoms with Crippen LogP contribution in [0.15, 0.2) is 0 Å². The van der Waals surface area contributed by atoms with Gasteiger partial charge in [0.1, 0.15) is 0 Å². The smallest absolute Gasteiger partial charge is 0 e. The molecule has 0 aromatic heterocycles. The fourth-order valence-electron chi connectivity index (χ4n) is 0. The van der Waals surface area contributed by atoms with Crippen LogP contribution in [0.4, 0.5) is 0 Å². The van der Waals surface area contributed by atoms with Crippen molar-refractivity contribution in [3.63, 3.8) is 0 Å². The molecule has 0 atom stereocenters. The third-order valence-corrected chi connectivity index (χ3v) is 0.289. The Labute approximate surface area is 55.9 Å². The molecule has 5 heavy (non-hydrogen) atoms. The first-order chi connectivity index (χ1) is 1.50. The molecule has 1 saturated carbocycles. The molecule has 0 amide bonds. The Kier molecular flexibility index (Phi) is 9.64. The van der Waals surface area contributed by atoms with E-state index >= 15 is 0 Å². The van der Waals surface area contributed by atoms with E-state index in [1.807, 2.05) is 0 Å². The summed E-state index contributed by atoms with van der Waals surface area (Å²) in [5, 5.41) is 0. The third-order valence-electron chi connectivity index (χ3n) is 0.289. The minimum absolute atomic E-state index is 0. The van der Waals surface area contributed by atoms with Gasteiger partial charge in [-0.1, -0.05) is 0 Å². The molecule has 1 aliphatic carbocycles. The van der Waals surface area contributed by atoms with Gasteiger partial charge in [0.05, 0.1) is 0 Å². The van der Waals surface area contributed by atoms with Gasteiger partial charge in [-0.05, 0) is 0 Å². The molecule has 28 valence electrons. The molecule has 0 spiro atoms. The Balaban J connectivity index is 0. The van der Waals surface area contributed by atoms with Gasteiger partial charge >= 0.3 is 0 Å².